The van der Waals surface area contributed by atoms with Crippen LogP contribution in [0.2, 0.25) is 0 Å². The van der Waals surface area contributed by atoms with Gasteiger partial charge in [-0.2, -0.15) is 0 Å². The van der Waals surface area contributed by atoms with Gasteiger partial charge < -0.3 is 4.57 Å². The number of carbonyl (C=O) groups is 1. The number of aryl methyl sites for hydroxylation is 1. The molecule has 3 aromatic heterocycles. The predicted molar refractivity (Wildman–Crippen MR) is 125 cm³/mol. The van der Waals surface area contributed by atoms with Gasteiger partial charge in [0.1, 0.15) is 5.82 Å². The number of nitrogens with zero attached hydrogens (tertiary/aromatic N) is 5. The summed E-state index contributed by atoms with van der Waals surface area (Å²) in [6.45, 7) is 8.41. The quantitative estimate of drug-likeness (QED) is 0.207. The minimum absolute atomic E-state index is 0.0682. The Morgan fingerprint density at radius 2 is 2.03 bits per heavy atom. The van der Waals surface area contributed by atoms with E-state index < -0.39 is 0 Å². The van der Waals surface area contributed by atoms with Crippen molar-refractivity contribution < 1.29 is 4.79 Å². The van der Waals surface area contributed by atoms with Crippen LogP contribution in [0.25, 0.3) is 5.13 Å². The molecule has 0 unspecified atom stereocenters. The third kappa shape index (κ3) is 4.55. The van der Waals surface area contributed by atoms with Crippen LogP contribution < -0.4 is 0 Å². The van der Waals surface area contributed by atoms with Gasteiger partial charge in [-0.3, -0.25) is 9.36 Å². The molecule has 0 spiro atoms. The van der Waals surface area contributed by atoms with Gasteiger partial charge in [-0.15, -0.1) is 28.1 Å². The summed E-state index contributed by atoms with van der Waals surface area (Å²) in [6.07, 6.45) is 4.28. The van der Waals surface area contributed by atoms with E-state index in [9.17, 15) is 4.79 Å². The molecule has 0 saturated heterocycles. The van der Waals surface area contributed by atoms with Gasteiger partial charge in [0.25, 0.3) is 0 Å². The highest BCUT2D eigenvalue weighted by Gasteiger charge is 2.20. The Bertz CT molecular complexity index is 1190. The molecule has 3 heterocycles. The zero-order valence-electron chi connectivity index (χ0n) is 17.5. The lowest BCUT2D eigenvalue weighted by Gasteiger charge is -2.08. The van der Waals surface area contributed by atoms with Crippen LogP contribution >= 0.6 is 23.1 Å². The van der Waals surface area contributed by atoms with E-state index in [0.717, 1.165) is 33.1 Å². The van der Waals surface area contributed by atoms with Crippen molar-refractivity contribution in [1.29, 1.82) is 0 Å². The molecule has 0 N–H and O–H groups in total. The zero-order valence-corrected chi connectivity index (χ0v) is 19.1. The first kappa shape index (κ1) is 21.3. The van der Waals surface area contributed by atoms with Gasteiger partial charge in [0.05, 0.1) is 5.75 Å². The minimum Gasteiger partial charge on any atom is -0.302 e. The number of hydrogen-bond donors (Lipinski definition) is 0. The Morgan fingerprint density at radius 1 is 1.23 bits per heavy atom. The normalized spacial score (nSPS) is 11.0. The third-order valence-corrected chi connectivity index (χ3v) is 6.71. The second-order valence-corrected chi connectivity index (χ2v) is 8.92. The second kappa shape index (κ2) is 9.45. The van der Waals surface area contributed by atoms with E-state index in [4.69, 9.17) is 0 Å². The molecule has 0 amide bonds. The first-order chi connectivity index (χ1) is 15.1. The smallest absolute Gasteiger partial charge is 0.193 e. The van der Waals surface area contributed by atoms with Gasteiger partial charge in [0.2, 0.25) is 0 Å². The standard InChI is InChI=1S/C23H23N5OS2/c1-4-11-27-21(14-18-8-6-5-7-9-18)25-26-23(27)31-15-20(29)19-13-16(2)28(17(19)3)22-24-10-12-30-22/h4-10,12-13H,1,11,14-15H2,2-3H3. The SMILES string of the molecule is C=CCn1c(Cc2ccccc2)nnc1SCC(=O)c1cc(C)n(-c2nccs2)c1C. The molecule has 6 nitrogen and oxygen atoms in total. The largest absolute Gasteiger partial charge is 0.302 e. The van der Waals surface area contributed by atoms with E-state index in [1.807, 2.05) is 58.7 Å². The Kier molecular flexibility index (Phi) is 6.48. The first-order valence-corrected chi connectivity index (χ1v) is 11.8. The van der Waals surface area contributed by atoms with Crippen LogP contribution in [-0.2, 0) is 13.0 Å². The molecule has 0 fully saturated rings. The van der Waals surface area contributed by atoms with E-state index in [1.54, 1.807) is 17.5 Å². The molecule has 4 aromatic rings. The number of allylic oxidation sites excluding steroid dienone is 1. The average Bonchev–Trinajstić information content (AvgIpc) is 3.48. The van der Waals surface area contributed by atoms with Gasteiger partial charge in [-0.1, -0.05) is 48.2 Å². The summed E-state index contributed by atoms with van der Waals surface area (Å²) in [6, 6.07) is 12.1. The van der Waals surface area contributed by atoms with Crippen LogP contribution in [-0.4, -0.2) is 35.9 Å². The van der Waals surface area contributed by atoms with Crippen molar-refractivity contribution in [3.63, 3.8) is 0 Å². The third-order valence-electron chi connectivity index (χ3n) is 4.98. The Hall–Kier alpha value is -2.97. The fourth-order valence-electron chi connectivity index (χ4n) is 3.52. The highest BCUT2D eigenvalue weighted by Crippen LogP contribution is 2.25. The van der Waals surface area contributed by atoms with Gasteiger partial charge in [0.15, 0.2) is 16.1 Å². The summed E-state index contributed by atoms with van der Waals surface area (Å²) in [7, 11) is 0. The Labute approximate surface area is 189 Å². The van der Waals surface area contributed by atoms with Crippen molar-refractivity contribution in [2.45, 2.75) is 32.0 Å². The Balaban J connectivity index is 1.51. The highest BCUT2D eigenvalue weighted by molar-refractivity contribution is 7.99. The molecule has 0 aliphatic heterocycles. The van der Waals surface area contributed by atoms with Crippen LogP contribution in [0.1, 0.15) is 33.1 Å². The molecular formula is C23H23N5OS2. The molecule has 0 radical (unpaired) electrons. The second-order valence-electron chi connectivity index (χ2n) is 7.11. The maximum Gasteiger partial charge on any atom is 0.193 e. The molecule has 0 bridgehead atoms. The summed E-state index contributed by atoms with van der Waals surface area (Å²) < 4.78 is 4.05. The molecule has 31 heavy (non-hydrogen) atoms. The number of rotatable bonds is 9. The van der Waals surface area contributed by atoms with Gasteiger partial charge in [-0.25, -0.2) is 4.98 Å². The zero-order chi connectivity index (χ0) is 21.8. The molecule has 4 rings (SSSR count). The van der Waals surface area contributed by atoms with Crippen LogP contribution in [0.15, 0.2) is 65.8 Å². The highest BCUT2D eigenvalue weighted by atomic mass is 32.2. The lowest BCUT2D eigenvalue weighted by Crippen LogP contribution is -2.08. The molecule has 0 aliphatic rings. The summed E-state index contributed by atoms with van der Waals surface area (Å²) in [5.41, 5.74) is 3.80. The molecule has 1 aromatic carbocycles. The number of ketones is 1. The van der Waals surface area contributed by atoms with Crippen LogP contribution in [0.3, 0.4) is 0 Å². The lowest BCUT2D eigenvalue weighted by molar-refractivity contribution is 0.102. The topological polar surface area (TPSA) is 65.6 Å². The predicted octanol–water partition coefficient (Wildman–Crippen LogP) is 4.89. The lowest BCUT2D eigenvalue weighted by atomic mass is 10.1. The number of thiazole rings is 1. The van der Waals surface area contributed by atoms with E-state index in [0.29, 0.717) is 18.7 Å². The maximum absolute atomic E-state index is 13.0. The van der Waals surface area contributed by atoms with Gasteiger partial charge >= 0.3 is 0 Å². The molecule has 8 heteroatoms. The fourth-order valence-corrected chi connectivity index (χ4v) is 5.12. The van der Waals surface area contributed by atoms with E-state index in [-0.39, 0.29) is 5.78 Å². The van der Waals surface area contributed by atoms with Crippen molar-refractivity contribution in [3.8, 4) is 5.13 Å². The molecule has 0 aliphatic carbocycles. The van der Waals surface area contributed by atoms with Gasteiger partial charge in [0, 0.05) is 41.5 Å². The number of benzene rings is 1. The van der Waals surface area contributed by atoms with Crippen LogP contribution in [0.4, 0.5) is 0 Å². The number of hydrogen-bond acceptors (Lipinski definition) is 6. The molecule has 0 saturated carbocycles. The van der Waals surface area contributed by atoms with Crippen molar-refractivity contribution >= 4 is 28.9 Å². The number of thioether (sulfide) groups is 1. The van der Waals surface area contributed by atoms with Crippen molar-refractivity contribution in [3.05, 3.63) is 89.0 Å². The van der Waals surface area contributed by atoms with Gasteiger partial charge in [-0.05, 0) is 25.5 Å². The minimum atomic E-state index is 0.0682. The average molecular weight is 450 g/mol. The summed E-state index contributed by atoms with van der Waals surface area (Å²) in [5.74, 6) is 1.23. The van der Waals surface area contributed by atoms with Crippen molar-refractivity contribution in [2.75, 3.05) is 5.75 Å². The van der Waals surface area contributed by atoms with Crippen molar-refractivity contribution in [2.24, 2.45) is 0 Å². The number of Topliss-reactive ketones (excluding diaryl/α,β-unsaturated/α-hetero) is 1. The molecule has 0 atom stereocenters. The van der Waals surface area contributed by atoms with E-state index in [1.165, 1.54) is 17.3 Å². The number of aromatic nitrogens is 5. The van der Waals surface area contributed by atoms with E-state index >= 15 is 0 Å². The first-order valence-electron chi connectivity index (χ1n) is 9.90. The maximum atomic E-state index is 13.0. The molecular weight excluding hydrogens is 426 g/mol. The van der Waals surface area contributed by atoms with Crippen LogP contribution in [0.5, 0.6) is 0 Å². The summed E-state index contributed by atoms with van der Waals surface area (Å²) in [4.78, 5) is 17.4. The van der Waals surface area contributed by atoms with E-state index in [2.05, 4.69) is 33.9 Å². The van der Waals surface area contributed by atoms with Crippen LogP contribution in [0, 0.1) is 13.8 Å². The Morgan fingerprint density at radius 3 is 2.74 bits per heavy atom. The fraction of sp³-hybridized carbons (Fsp3) is 0.217. The summed E-state index contributed by atoms with van der Waals surface area (Å²) >= 11 is 2.97. The van der Waals surface area contributed by atoms with Crippen molar-refractivity contribution in [1.82, 2.24) is 24.3 Å². The monoisotopic (exact) mass is 449 g/mol. The molecule has 158 valence electrons. The summed E-state index contributed by atoms with van der Waals surface area (Å²) in [5, 5.41) is 12.3. The number of carbonyl (C=O) groups excluding carboxylic acids is 1.